The predicted molar refractivity (Wildman–Crippen MR) is 68.3 cm³/mol. The van der Waals surface area contributed by atoms with Crippen LogP contribution >= 0.6 is 0 Å². The highest BCUT2D eigenvalue weighted by atomic mass is 15.2. The Kier molecular flexibility index (Phi) is 3.26. The third-order valence-corrected chi connectivity index (χ3v) is 3.28. The summed E-state index contributed by atoms with van der Waals surface area (Å²) in [7, 11) is 0. The van der Waals surface area contributed by atoms with E-state index in [4.69, 9.17) is 11.1 Å². The van der Waals surface area contributed by atoms with Crippen molar-refractivity contribution in [2.45, 2.75) is 32.7 Å². The number of nitrogens with zero attached hydrogens (tertiary/aromatic N) is 3. The largest absolute Gasteiger partial charge is 0.382 e. The fraction of sp³-hybridized carbons (Fsp3) is 0.583. The molecular formula is C12H19N5. The minimum atomic E-state index is -0.0362. The van der Waals surface area contributed by atoms with E-state index in [1.54, 1.807) is 12.4 Å². The number of rotatable bonds is 3. The Hall–Kier alpha value is -1.65. The van der Waals surface area contributed by atoms with Crippen molar-refractivity contribution in [1.29, 1.82) is 5.41 Å². The molecule has 92 valence electrons. The van der Waals surface area contributed by atoms with Gasteiger partial charge in [0.05, 0.1) is 12.4 Å². The van der Waals surface area contributed by atoms with Crippen LogP contribution in [0.3, 0.4) is 0 Å². The van der Waals surface area contributed by atoms with Gasteiger partial charge in [-0.2, -0.15) is 0 Å². The lowest BCUT2D eigenvalue weighted by atomic mass is 10.0. The number of hydrogen-bond acceptors (Lipinski definition) is 4. The second-order valence-corrected chi connectivity index (χ2v) is 4.82. The van der Waals surface area contributed by atoms with Gasteiger partial charge >= 0.3 is 0 Å². The Morgan fingerprint density at radius 3 is 2.76 bits per heavy atom. The molecule has 5 nitrogen and oxygen atoms in total. The van der Waals surface area contributed by atoms with Crippen LogP contribution in [0.4, 0.5) is 5.82 Å². The summed E-state index contributed by atoms with van der Waals surface area (Å²) >= 11 is 0. The lowest BCUT2D eigenvalue weighted by molar-refractivity contribution is 0.489. The second-order valence-electron chi connectivity index (χ2n) is 4.82. The molecule has 1 aliphatic rings. The summed E-state index contributed by atoms with van der Waals surface area (Å²) in [5.41, 5.74) is 5.80. The highest BCUT2D eigenvalue weighted by molar-refractivity contribution is 5.92. The molecule has 2 heterocycles. The number of amidine groups is 1. The van der Waals surface area contributed by atoms with Crippen molar-refractivity contribution in [2.75, 3.05) is 11.4 Å². The Morgan fingerprint density at radius 2 is 2.24 bits per heavy atom. The van der Waals surface area contributed by atoms with E-state index in [2.05, 4.69) is 28.7 Å². The molecule has 0 bridgehead atoms. The minimum absolute atomic E-state index is 0.0362. The molecule has 0 spiro atoms. The average molecular weight is 233 g/mol. The van der Waals surface area contributed by atoms with Crippen molar-refractivity contribution in [3.05, 3.63) is 18.1 Å². The summed E-state index contributed by atoms with van der Waals surface area (Å²) in [4.78, 5) is 10.8. The van der Waals surface area contributed by atoms with E-state index in [0.29, 0.717) is 17.7 Å². The molecule has 0 aliphatic carbocycles. The molecule has 1 saturated heterocycles. The van der Waals surface area contributed by atoms with Gasteiger partial charge < -0.3 is 10.6 Å². The van der Waals surface area contributed by atoms with Crippen LogP contribution in [-0.4, -0.2) is 28.4 Å². The van der Waals surface area contributed by atoms with Crippen LogP contribution in [0.15, 0.2) is 12.4 Å². The summed E-state index contributed by atoms with van der Waals surface area (Å²) in [6, 6.07) is 0.549. The van der Waals surface area contributed by atoms with E-state index in [-0.39, 0.29) is 5.84 Å². The van der Waals surface area contributed by atoms with Crippen LogP contribution in [0.25, 0.3) is 0 Å². The van der Waals surface area contributed by atoms with Crippen LogP contribution in [0.1, 0.15) is 32.4 Å². The Labute approximate surface area is 102 Å². The minimum Gasteiger partial charge on any atom is -0.382 e. The first-order chi connectivity index (χ1) is 8.09. The molecule has 0 radical (unpaired) electrons. The molecule has 1 aromatic rings. The zero-order chi connectivity index (χ0) is 12.4. The summed E-state index contributed by atoms with van der Waals surface area (Å²) in [6.07, 6.45) is 5.72. The summed E-state index contributed by atoms with van der Waals surface area (Å²) < 4.78 is 0. The molecule has 1 fully saturated rings. The van der Waals surface area contributed by atoms with Gasteiger partial charge in [0.15, 0.2) is 0 Å². The van der Waals surface area contributed by atoms with Gasteiger partial charge in [0.2, 0.25) is 0 Å². The van der Waals surface area contributed by atoms with Crippen molar-refractivity contribution in [1.82, 2.24) is 9.97 Å². The monoisotopic (exact) mass is 233 g/mol. The van der Waals surface area contributed by atoms with Gasteiger partial charge in [-0.1, -0.05) is 13.8 Å². The number of anilines is 1. The van der Waals surface area contributed by atoms with Crippen molar-refractivity contribution in [2.24, 2.45) is 11.7 Å². The Bertz CT molecular complexity index is 398. The molecule has 1 aliphatic heterocycles. The molecule has 0 amide bonds. The zero-order valence-electron chi connectivity index (χ0n) is 10.3. The smallest absolute Gasteiger partial charge is 0.147 e. The number of nitrogens with one attached hydrogen (secondary N) is 1. The second kappa shape index (κ2) is 4.69. The number of nitrogens with two attached hydrogens (primary N) is 1. The van der Waals surface area contributed by atoms with E-state index in [1.165, 1.54) is 12.8 Å². The van der Waals surface area contributed by atoms with Crippen LogP contribution in [0, 0.1) is 11.3 Å². The average Bonchev–Trinajstić information content (AvgIpc) is 2.78. The molecule has 3 N–H and O–H groups in total. The fourth-order valence-corrected chi connectivity index (χ4v) is 2.38. The Balaban J connectivity index is 2.19. The summed E-state index contributed by atoms with van der Waals surface area (Å²) in [5, 5.41) is 7.28. The lowest BCUT2D eigenvalue weighted by Crippen LogP contribution is -2.34. The van der Waals surface area contributed by atoms with E-state index in [0.717, 1.165) is 12.4 Å². The SMILES string of the molecule is CC(C)C1CCCN1c1cnc(C(=N)N)cn1. The van der Waals surface area contributed by atoms with Gasteiger partial charge in [-0.05, 0) is 18.8 Å². The Morgan fingerprint density at radius 1 is 1.47 bits per heavy atom. The zero-order valence-corrected chi connectivity index (χ0v) is 10.3. The predicted octanol–water partition coefficient (Wildman–Crippen LogP) is 1.39. The van der Waals surface area contributed by atoms with E-state index >= 15 is 0 Å². The first kappa shape index (κ1) is 11.8. The van der Waals surface area contributed by atoms with Crippen molar-refractivity contribution in [3.63, 3.8) is 0 Å². The summed E-state index contributed by atoms with van der Waals surface area (Å²) in [5.74, 6) is 1.48. The molecule has 2 rings (SSSR count). The molecule has 1 atom stereocenters. The molecule has 5 heteroatoms. The summed E-state index contributed by atoms with van der Waals surface area (Å²) in [6.45, 7) is 5.51. The third kappa shape index (κ3) is 2.38. The number of nitrogen functional groups attached to an aromatic ring is 1. The maximum atomic E-state index is 7.28. The number of hydrogen-bond donors (Lipinski definition) is 2. The van der Waals surface area contributed by atoms with Gasteiger partial charge in [-0.25, -0.2) is 9.97 Å². The first-order valence-corrected chi connectivity index (χ1v) is 6.02. The molecule has 1 aromatic heterocycles. The molecule has 17 heavy (non-hydrogen) atoms. The lowest BCUT2D eigenvalue weighted by Gasteiger charge is -2.28. The molecule has 0 saturated carbocycles. The molecule has 0 aromatic carbocycles. The first-order valence-electron chi connectivity index (χ1n) is 6.02. The molecule has 1 unspecified atom stereocenters. The van der Waals surface area contributed by atoms with Gasteiger partial charge in [0.25, 0.3) is 0 Å². The van der Waals surface area contributed by atoms with E-state index < -0.39 is 0 Å². The molecular weight excluding hydrogens is 214 g/mol. The van der Waals surface area contributed by atoms with Crippen molar-refractivity contribution >= 4 is 11.7 Å². The maximum Gasteiger partial charge on any atom is 0.147 e. The normalized spacial score (nSPS) is 19.9. The van der Waals surface area contributed by atoms with Crippen molar-refractivity contribution in [3.8, 4) is 0 Å². The standard InChI is InChI=1S/C12H19N5/c1-8(2)10-4-3-5-17(10)11-7-15-9(6-16-11)12(13)14/h6-8,10H,3-5H2,1-2H3,(H3,13,14). The van der Waals surface area contributed by atoms with E-state index in [9.17, 15) is 0 Å². The maximum absolute atomic E-state index is 7.28. The topological polar surface area (TPSA) is 78.9 Å². The third-order valence-electron chi connectivity index (χ3n) is 3.28. The van der Waals surface area contributed by atoms with Crippen LogP contribution in [0.2, 0.25) is 0 Å². The van der Waals surface area contributed by atoms with Crippen LogP contribution < -0.4 is 10.6 Å². The number of aromatic nitrogens is 2. The quantitative estimate of drug-likeness (QED) is 0.610. The fourth-order valence-electron chi connectivity index (χ4n) is 2.38. The van der Waals surface area contributed by atoms with Gasteiger partial charge in [-0.3, -0.25) is 5.41 Å². The van der Waals surface area contributed by atoms with Gasteiger partial charge in [0.1, 0.15) is 17.3 Å². The van der Waals surface area contributed by atoms with Crippen LogP contribution in [0.5, 0.6) is 0 Å². The highest BCUT2D eigenvalue weighted by Crippen LogP contribution is 2.27. The highest BCUT2D eigenvalue weighted by Gasteiger charge is 2.28. The van der Waals surface area contributed by atoms with E-state index in [1.807, 2.05) is 0 Å². The van der Waals surface area contributed by atoms with Gasteiger partial charge in [-0.15, -0.1) is 0 Å². The van der Waals surface area contributed by atoms with Gasteiger partial charge in [0, 0.05) is 12.6 Å². The van der Waals surface area contributed by atoms with Crippen molar-refractivity contribution < 1.29 is 0 Å². The van der Waals surface area contributed by atoms with Crippen LogP contribution in [-0.2, 0) is 0 Å².